The van der Waals surface area contributed by atoms with Crippen LogP contribution < -0.4 is 14.8 Å². The third kappa shape index (κ3) is 2.91. The Bertz CT molecular complexity index is 823. The van der Waals surface area contributed by atoms with Gasteiger partial charge < -0.3 is 19.7 Å². The summed E-state index contributed by atoms with van der Waals surface area (Å²) in [5, 5.41) is 2.84. The van der Waals surface area contributed by atoms with Crippen LogP contribution in [0.1, 0.15) is 11.1 Å². The summed E-state index contributed by atoms with van der Waals surface area (Å²) in [6.07, 6.45) is 2.33. The number of likely N-dealkylation sites (tertiary alicyclic amines) is 1. The van der Waals surface area contributed by atoms with Crippen LogP contribution in [-0.2, 0) is 6.54 Å². The molecule has 2 atom stereocenters. The Balaban J connectivity index is 1.42. The van der Waals surface area contributed by atoms with Crippen LogP contribution in [0.2, 0.25) is 0 Å². The van der Waals surface area contributed by atoms with E-state index in [1.54, 1.807) is 12.4 Å². The standard InChI is InChI=1S/C18H17F2N3O3/c1-10-6-21-5-4-11(10)7-22-18(24)23-8-14-15(9-23)26-17-13(20)3-2-12(19)16(17)25-14/h2-6,14-15H,7-9H2,1H3,(H,22,24)/t14-,15+. The first kappa shape index (κ1) is 16.6. The molecule has 0 spiro atoms. The fourth-order valence-electron chi connectivity index (χ4n) is 3.16. The van der Waals surface area contributed by atoms with Crippen LogP contribution in [0.3, 0.4) is 0 Å². The summed E-state index contributed by atoms with van der Waals surface area (Å²) < 4.78 is 38.8. The largest absolute Gasteiger partial charge is 0.478 e. The van der Waals surface area contributed by atoms with Crippen molar-refractivity contribution in [1.82, 2.24) is 15.2 Å². The molecular formula is C18H17F2N3O3. The maximum atomic E-state index is 13.8. The first-order valence-corrected chi connectivity index (χ1v) is 8.26. The maximum absolute atomic E-state index is 13.8. The molecule has 2 aromatic rings. The van der Waals surface area contributed by atoms with Gasteiger partial charge in [-0.15, -0.1) is 0 Å². The molecule has 1 fully saturated rings. The zero-order chi connectivity index (χ0) is 18.3. The summed E-state index contributed by atoms with van der Waals surface area (Å²) in [4.78, 5) is 18.0. The first-order chi connectivity index (χ1) is 12.5. The Morgan fingerprint density at radius 3 is 2.38 bits per heavy atom. The van der Waals surface area contributed by atoms with Crippen LogP contribution >= 0.6 is 0 Å². The van der Waals surface area contributed by atoms with E-state index in [4.69, 9.17) is 9.47 Å². The number of nitrogens with one attached hydrogen (secondary N) is 1. The fraction of sp³-hybridized carbons (Fsp3) is 0.333. The number of carbonyl (C=O) groups is 1. The Kier molecular flexibility index (Phi) is 4.10. The number of halogens is 2. The van der Waals surface area contributed by atoms with Gasteiger partial charge in [-0.3, -0.25) is 4.98 Å². The number of nitrogens with zero attached hydrogens (tertiary/aromatic N) is 2. The van der Waals surface area contributed by atoms with Gasteiger partial charge in [-0.2, -0.15) is 0 Å². The highest BCUT2D eigenvalue weighted by molar-refractivity contribution is 5.74. The average Bonchev–Trinajstić information content (AvgIpc) is 3.06. The monoisotopic (exact) mass is 361 g/mol. The van der Waals surface area contributed by atoms with Crippen LogP contribution in [0, 0.1) is 18.6 Å². The van der Waals surface area contributed by atoms with Crippen molar-refractivity contribution in [2.45, 2.75) is 25.7 Å². The summed E-state index contributed by atoms with van der Waals surface area (Å²) in [7, 11) is 0. The van der Waals surface area contributed by atoms with Crippen molar-refractivity contribution >= 4 is 6.03 Å². The van der Waals surface area contributed by atoms with Gasteiger partial charge in [0.1, 0.15) is 0 Å². The molecule has 0 radical (unpaired) electrons. The van der Waals surface area contributed by atoms with E-state index < -0.39 is 23.8 Å². The molecule has 0 unspecified atom stereocenters. The second kappa shape index (κ2) is 6.44. The predicted molar refractivity (Wildman–Crippen MR) is 88.0 cm³/mol. The average molecular weight is 361 g/mol. The van der Waals surface area contributed by atoms with E-state index in [1.165, 1.54) is 4.90 Å². The first-order valence-electron chi connectivity index (χ1n) is 8.26. The zero-order valence-corrected chi connectivity index (χ0v) is 14.0. The predicted octanol–water partition coefficient (Wildman–Crippen LogP) is 2.40. The third-order valence-electron chi connectivity index (χ3n) is 4.62. The number of carbonyl (C=O) groups excluding carboxylic acids is 1. The lowest BCUT2D eigenvalue weighted by Crippen LogP contribution is -2.39. The number of aryl methyl sites for hydroxylation is 1. The van der Waals surface area contributed by atoms with E-state index in [-0.39, 0.29) is 30.6 Å². The van der Waals surface area contributed by atoms with Gasteiger partial charge in [-0.25, -0.2) is 13.6 Å². The smallest absolute Gasteiger partial charge is 0.317 e. The number of amides is 2. The quantitative estimate of drug-likeness (QED) is 0.892. The normalized spacial score (nSPS) is 20.7. The molecule has 2 aliphatic rings. The van der Waals surface area contributed by atoms with Gasteiger partial charge in [-0.1, -0.05) is 0 Å². The molecule has 1 saturated heterocycles. The van der Waals surface area contributed by atoms with E-state index in [2.05, 4.69) is 10.3 Å². The second-order valence-corrected chi connectivity index (χ2v) is 6.37. The molecule has 1 aromatic heterocycles. The molecule has 26 heavy (non-hydrogen) atoms. The molecule has 1 aromatic carbocycles. The molecule has 0 bridgehead atoms. The minimum absolute atomic E-state index is 0.235. The van der Waals surface area contributed by atoms with Crippen LogP contribution in [0.25, 0.3) is 0 Å². The van der Waals surface area contributed by atoms with Crippen molar-refractivity contribution < 1.29 is 23.0 Å². The molecule has 8 heteroatoms. The minimum atomic E-state index is -0.684. The van der Waals surface area contributed by atoms with E-state index in [9.17, 15) is 13.6 Å². The van der Waals surface area contributed by atoms with Gasteiger partial charge in [0, 0.05) is 18.9 Å². The number of urea groups is 1. The zero-order valence-electron chi connectivity index (χ0n) is 14.0. The SMILES string of the molecule is Cc1cnccc1CNC(=O)N1C[C@@H]2Oc3c(F)ccc(F)c3O[C@@H]2C1. The highest BCUT2D eigenvalue weighted by atomic mass is 19.1. The van der Waals surface area contributed by atoms with E-state index in [1.807, 2.05) is 13.0 Å². The van der Waals surface area contributed by atoms with Crippen LogP contribution in [0.4, 0.5) is 13.6 Å². The number of benzene rings is 1. The van der Waals surface area contributed by atoms with E-state index >= 15 is 0 Å². The van der Waals surface area contributed by atoms with Gasteiger partial charge in [0.05, 0.1) is 13.1 Å². The Morgan fingerprint density at radius 1 is 1.19 bits per heavy atom. The van der Waals surface area contributed by atoms with Crippen molar-refractivity contribution in [3.05, 3.63) is 53.4 Å². The van der Waals surface area contributed by atoms with Gasteiger partial charge in [0.15, 0.2) is 23.8 Å². The minimum Gasteiger partial charge on any atom is -0.478 e. The lowest BCUT2D eigenvalue weighted by atomic mass is 10.1. The third-order valence-corrected chi connectivity index (χ3v) is 4.62. The maximum Gasteiger partial charge on any atom is 0.317 e. The summed E-state index contributed by atoms with van der Waals surface area (Å²) >= 11 is 0. The summed E-state index contributed by atoms with van der Waals surface area (Å²) in [5.74, 6) is -1.84. The number of fused-ring (bicyclic) bond motifs is 2. The lowest BCUT2D eigenvalue weighted by molar-refractivity contribution is 0.0467. The van der Waals surface area contributed by atoms with Gasteiger partial charge in [-0.05, 0) is 36.2 Å². The molecule has 6 nitrogen and oxygen atoms in total. The molecule has 0 saturated carbocycles. The Morgan fingerprint density at radius 2 is 1.81 bits per heavy atom. The molecule has 1 N–H and O–H groups in total. The van der Waals surface area contributed by atoms with Gasteiger partial charge >= 0.3 is 6.03 Å². The van der Waals surface area contributed by atoms with Crippen molar-refractivity contribution in [3.8, 4) is 11.5 Å². The number of aromatic nitrogens is 1. The second-order valence-electron chi connectivity index (χ2n) is 6.37. The number of pyridine rings is 1. The van der Waals surface area contributed by atoms with Crippen molar-refractivity contribution in [3.63, 3.8) is 0 Å². The Hall–Kier alpha value is -2.90. The topological polar surface area (TPSA) is 63.7 Å². The molecule has 3 heterocycles. The molecule has 4 rings (SSSR count). The number of rotatable bonds is 2. The fourth-order valence-corrected chi connectivity index (χ4v) is 3.16. The van der Waals surface area contributed by atoms with E-state index in [0.29, 0.717) is 6.54 Å². The van der Waals surface area contributed by atoms with Crippen molar-refractivity contribution in [1.29, 1.82) is 0 Å². The molecule has 2 amide bonds. The van der Waals surface area contributed by atoms with Gasteiger partial charge in [0.2, 0.25) is 11.5 Å². The molecule has 2 aliphatic heterocycles. The Labute approximate surface area is 148 Å². The van der Waals surface area contributed by atoms with Crippen LogP contribution in [0.15, 0.2) is 30.6 Å². The van der Waals surface area contributed by atoms with Crippen molar-refractivity contribution in [2.75, 3.05) is 13.1 Å². The molecular weight excluding hydrogens is 344 g/mol. The number of hydrogen-bond acceptors (Lipinski definition) is 4. The summed E-state index contributed by atoms with van der Waals surface area (Å²) in [5.41, 5.74) is 1.95. The van der Waals surface area contributed by atoms with Crippen LogP contribution in [0.5, 0.6) is 11.5 Å². The molecule has 0 aliphatic carbocycles. The van der Waals surface area contributed by atoms with Crippen LogP contribution in [-0.4, -0.2) is 41.2 Å². The highest BCUT2D eigenvalue weighted by Gasteiger charge is 2.43. The number of hydrogen-bond donors (Lipinski definition) is 1. The molecule has 136 valence electrons. The number of ether oxygens (including phenoxy) is 2. The van der Waals surface area contributed by atoms with E-state index in [0.717, 1.165) is 23.3 Å². The van der Waals surface area contributed by atoms with Crippen molar-refractivity contribution in [2.24, 2.45) is 0 Å². The van der Waals surface area contributed by atoms with Gasteiger partial charge in [0.25, 0.3) is 0 Å². The highest BCUT2D eigenvalue weighted by Crippen LogP contribution is 2.40. The summed E-state index contributed by atoms with van der Waals surface area (Å²) in [6, 6.07) is 3.55. The summed E-state index contributed by atoms with van der Waals surface area (Å²) in [6.45, 7) is 2.76. The lowest BCUT2D eigenvalue weighted by Gasteiger charge is -2.28.